The molecule has 1 atom stereocenters. The van der Waals surface area contributed by atoms with Crippen LogP contribution in [0.15, 0.2) is 29.4 Å². The fourth-order valence-electron chi connectivity index (χ4n) is 2.58. The van der Waals surface area contributed by atoms with Crippen molar-refractivity contribution in [2.45, 2.75) is 38.4 Å². The molecule has 5 nitrogen and oxygen atoms in total. The standard InChI is InChI=1S/C18H28N4OS/c1-7-16(21(4)5)17-19-20-18(24-12-13(2)3)22(17)14-8-10-15(23-6)11-9-14/h8-11,13,16H,7,12H2,1-6H3/t16-/m1/s1. The van der Waals surface area contributed by atoms with Crippen molar-refractivity contribution in [1.82, 2.24) is 19.7 Å². The van der Waals surface area contributed by atoms with E-state index in [0.717, 1.165) is 34.6 Å². The van der Waals surface area contributed by atoms with Gasteiger partial charge in [-0.25, -0.2) is 0 Å². The molecule has 1 aromatic carbocycles. The molecule has 0 aliphatic heterocycles. The van der Waals surface area contributed by atoms with E-state index in [2.05, 4.69) is 66.7 Å². The second-order valence-electron chi connectivity index (χ2n) is 6.47. The second kappa shape index (κ2) is 8.53. The monoisotopic (exact) mass is 348 g/mol. The molecule has 0 aliphatic carbocycles. The molecule has 1 aromatic heterocycles. The lowest BCUT2D eigenvalue weighted by molar-refractivity contribution is 0.276. The first-order valence-electron chi connectivity index (χ1n) is 8.36. The summed E-state index contributed by atoms with van der Waals surface area (Å²) in [6.07, 6.45) is 0.982. The molecule has 0 bridgehead atoms. The van der Waals surface area contributed by atoms with Crippen LogP contribution in [0.25, 0.3) is 5.69 Å². The fraction of sp³-hybridized carbons (Fsp3) is 0.556. The number of methoxy groups -OCH3 is 1. The summed E-state index contributed by atoms with van der Waals surface area (Å²) < 4.78 is 7.46. The third kappa shape index (κ3) is 4.30. The van der Waals surface area contributed by atoms with Crippen LogP contribution in [-0.2, 0) is 0 Å². The molecule has 0 amide bonds. The van der Waals surface area contributed by atoms with Crippen molar-refractivity contribution in [3.05, 3.63) is 30.1 Å². The molecule has 24 heavy (non-hydrogen) atoms. The van der Waals surface area contributed by atoms with Crippen LogP contribution in [0, 0.1) is 5.92 Å². The van der Waals surface area contributed by atoms with Gasteiger partial charge in [0.05, 0.1) is 13.2 Å². The molecule has 2 rings (SSSR count). The molecule has 0 spiro atoms. The van der Waals surface area contributed by atoms with E-state index >= 15 is 0 Å². The highest BCUT2D eigenvalue weighted by Gasteiger charge is 2.23. The molecule has 0 fully saturated rings. The highest BCUT2D eigenvalue weighted by molar-refractivity contribution is 7.99. The quantitative estimate of drug-likeness (QED) is 0.674. The van der Waals surface area contributed by atoms with Crippen molar-refractivity contribution in [1.29, 1.82) is 0 Å². The van der Waals surface area contributed by atoms with E-state index in [4.69, 9.17) is 4.74 Å². The van der Waals surface area contributed by atoms with E-state index in [1.165, 1.54) is 0 Å². The smallest absolute Gasteiger partial charge is 0.195 e. The summed E-state index contributed by atoms with van der Waals surface area (Å²) in [5, 5.41) is 9.95. The molecule has 0 aliphatic rings. The normalized spacial score (nSPS) is 12.8. The van der Waals surface area contributed by atoms with Crippen LogP contribution < -0.4 is 4.74 Å². The average molecular weight is 349 g/mol. The van der Waals surface area contributed by atoms with E-state index in [9.17, 15) is 0 Å². The Morgan fingerprint density at radius 3 is 2.33 bits per heavy atom. The summed E-state index contributed by atoms with van der Waals surface area (Å²) in [6.45, 7) is 6.62. The van der Waals surface area contributed by atoms with Crippen LogP contribution in [0.4, 0.5) is 0 Å². The van der Waals surface area contributed by atoms with Crippen LogP contribution in [0.5, 0.6) is 5.75 Å². The van der Waals surface area contributed by atoms with Crippen molar-refractivity contribution in [3.8, 4) is 11.4 Å². The van der Waals surface area contributed by atoms with Crippen molar-refractivity contribution in [2.75, 3.05) is 27.0 Å². The first-order valence-corrected chi connectivity index (χ1v) is 9.35. The molecule has 0 N–H and O–H groups in total. The highest BCUT2D eigenvalue weighted by Crippen LogP contribution is 2.30. The summed E-state index contributed by atoms with van der Waals surface area (Å²) in [7, 11) is 5.85. The number of aromatic nitrogens is 3. The van der Waals surface area contributed by atoms with Crippen molar-refractivity contribution in [3.63, 3.8) is 0 Å². The van der Waals surface area contributed by atoms with E-state index in [1.807, 2.05) is 12.1 Å². The number of ether oxygens (including phenoxy) is 1. The maximum Gasteiger partial charge on any atom is 0.195 e. The first kappa shape index (κ1) is 18.8. The molecular formula is C18H28N4OS. The zero-order valence-electron chi connectivity index (χ0n) is 15.5. The van der Waals surface area contributed by atoms with Gasteiger partial charge in [-0.3, -0.25) is 9.47 Å². The SMILES string of the molecule is CC[C@H](c1nnc(SCC(C)C)n1-c1ccc(OC)cc1)N(C)C. The zero-order valence-corrected chi connectivity index (χ0v) is 16.3. The Hall–Kier alpha value is -1.53. The molecule has 0 unspecified atom stereocenters. The van der Waals surface area contributed by atoms with Crippen molar-refractivity contribution in [2.24, 2.45) is 5.92 Å². The van der Waals surface area contributed by atoms with Gasteiger partial charge in [-0.15, -0.1) is 10.2 Å². The lowest BCUT2D eigenvalue weighted by Crippen LogP contribution is -2.22. The Kier molecular flexibility index (Phi) is 6.69. The minimum absolute atomic E-state index is 0.230. The van der Waals surface area contributed by atoms with Gasteiger partial charge in [0.1, 0.15) is 5.75 Å². The maximum atomic E-state index is 5.28. The Bertz CT molecular complexity index is 637. The van der Waals surface area contributed by atoms with Crippen LogP contribution in [-0.4, -0.2) is 46.6 Å². The molecule has 132 valence electrons. The van der Waals surface area contributed by atoms with Crippen molar-refractivity contribution < 1.29 is 4.74 Å². The number of benzene rings is 1. The third-order valence-corrected chi connectivity index (χ3v) is 5.20. The summed E-state index contributed by atoms with van der Waals surface area (Å²) in [5.74, 6) is 3.46. The zero-order chi connectivity index (χ0) is 17.7. The first-order chi connectivity index (χ1) is 11.5. The van der Waals surface area contributed by atoms with Gasteiger partial charge in [-0.1, -0.05) is 32.5 Å². The predicted octanol–water partition coefficient (Wildman–Crippen LogP) is 4.04. The van der Waals surface area contributed by atoms with Gasteiger partial charge >= 0.3 is 0 Å². The summed E-state index contributed by atoms with van der Waals surface area (Å²) in [6, 6.07) is 8.31. The second-order valence-corrected chi connectivity index (χ2v) is 7.45. The lowest BCUT2D eigenvalue weighted by Gasteiger charge is -2.23. The third-order valence-electron chi connectivity index (χ3n) is 3.84. The molecule has 6 heteroatoms. The minimum atomic E-state index is 0.230. The minimum Gasteiger partial charge on any atom is -0.497 e. The van der Waals surface area contributed by atoms with E-state index < -0.39 is 0 Å². The van der Waals surface area contributed by atoms with E-state index in [-0.39, 0.29) is 6.04 Å². The molecule has 0 saturated carbocycles. The van der Waals surface area contributed by atoms with Crippen LogP contribution in [0.1, 0.15) is 39.1 Å². The number of nitrogens with zero attached hydrogens (tertiary/aromatic N) is 4. The van der Waals surface area contributed by atoms with Crippen LogP contribution in [0.3, 0.4) is 0 Å². The Morgan fingerprint density at radius 1 is 1.17 bits per heavy atom. The van der Waals surface area contributed by atoms with Crippen LogP contribution in [0.2, 0.25) is 0 Å². The van der Waals surface area contributed by atoms with Gasteiger partial charge in [0, 0.05) is 11.4 Å². The topological polar surface area (TPSA) is 43.2 Å². The van der Waals surface area contributed by atoms with Crippen LogP contribution >= 0.6 is 11.8 Å². The molecule has 0 saturated heterocycles. The van der Waals surface area contributed by atoms with Crippen molar-refractivity contribution >= 4 is 11.8 Å². The summed E-state index contributed by atoms with van der Waals surface area (Å²) in [4.78, 5) is 2.20. The largest absolute Gasteiger partial charge is 0.497 e. The summed E-state index contributed by atoms with van der Waals surface area (Å²) in [5.41, 5.74) is 1.07. The Labute approximate surface area is 149 Å². The molecule has 1 heterocycles. The van der Waals surface area contributed by atoms with Gasteiger partial charge in [0.25, 0.3) is 0 Å². The number of thioether (sulfide) groups is 1. The van der Waals surface area contributed by atoms with Gasteiger partial charge in [-0.05, 0) is 50.7 Å². The number of hydrogen-bond donors (Lipinski definition) is 0. The van der Waals surface area contributed by atoms with Gasteiger partial charge < -0.3 is 4.74 Å². The number of rotatable bonds is 8. The van der Waals surface area contributed by atoms with E-state index in [1.54, 1.807) is 18.9 Å². The molecule has 2 aromatic rings. The maximum absolute atomic E-state index is 5.28. The van der Waals surface area contributed by atoms with Gasteiger partial charge in [-0.2, -0.15) is 0 Å². The lowest BCUT2D eigenvalue weighted by atomic mass is 10.2. The van der Waals surface area contributed by atoms with E-state index in [0.29, 0.717) is 5.92 Å². The average Bonchev–Trinajstić information content (AvgIpc) is 2.97. The fourth-order valence-corrected chi connectivity index (χ4v) is 3.49. The van der Waals surface area contributed by atoms with Gasteiger partial charge in [0.15, 0.2) is 11.0 Å². The van der Waals surface area contributed by atoms with Gasteiger partial charge in [0.2, 0.25) is 0 Å². The predicted molar refractivity (Wildman–Crippen MR) is 100 cm³/mol. The Morgan fingerprint density at radius 2 is 1.83 bits per heavy atom. The Balaban J connectivity index is 2.47. The summed E-state index contributed by atoms with van der Waals surface area (Å²) >= 11 is 1.76. The molecule has 0 radical (unpaired) electrons. The highest BCUT2D eigenvalue weighted by atomic mass is 32.2. The number of hydrogen-bond acceptors (Lipinski definition) is 5. The molecular weight excluding hydrogens is 320 g/mol.